The number of amides is 2. The number of rotatable bonds is 1. The SMILES string of the molecule is C=C1C(C(=O)O)=NC(=O)N1C. The fourth-order valence-corrected chi connectivity index (χ4v) is 0.681. The lowest BCUT2D eigenvalue weighted by Crippen LogP contribution is -2.21. The summed E-state index contributed by atoms with van der Waals surface area (Å²) in [5.74, 6) is -1.23. The number of hydrogen-bond acceptors (Lipinski definition) is 2. The highest BCUT2D eigenvalue weighted by Gasteiger charge is 2.28. The Kier molecular flexibility index (Phi) is 1.48. The van der Waals surface area contributed by atoms with Crippen molar-refractivity contribution < 1.29 is 14.7 Å². The Labute approximate surface area is 62.6 Å². The third kappa shape index (κ3) is 1.000. The highest BCUT2D eigenvalue weighted by Crippen LogP contribution is 2.12. The third-order valence-electron chi connectivity index (χ3n) is 1.38. The van der Waals surface area contributed by atoms with Gasteiger partial charge in [0.05, 0.1) is 5.70 Å². The van der Waals surface area contributed by atoms with Gasteiger partial charge in [0.15, 0.2) is 5.71 Å². The molecule has 1 aliphatic rings. The molecule has 5 nitrogen and oxygen atoms in total. The lowest BCUT2D eigenvalue weighted by molar-refractivity contribution is -0.129. The summed E-state index contributed by atoms with van der Waals surface area (Å²) in [4.78, 5) is 25.4. The van der Waals surface area contributed by atoms with Crippen LogP contribution in [0, 0.1) is 0 Å². The largest absolute Gasteiger partial charge is 0.476 e. The molecule has 0 atom stereocenters. The van der Waals surface area contributed by atoms with Gasteiger partial charge in [0.25, 0.3) is 0 Å². The average molecular weight is 154 g/mol. The first-order chi connectivity index (χ1) is 5.04. The Morgan fingerprint density at radius 3 is 2.45 bits per heavy atom. The first-order valence-electron chi connectivity index (χ1n) is 2.83. The number of urea groups is 1. The van der Waals surface area contributed by atoms with Crippen LogP contribution in [0.15, 0.2) is 17.3 Å². The molecule has 0 aromatic carbocycles. The van der Waals surface area contributed by atoms with Crippen LogP contribution in [-0.4, -0.2) is 34.8 Å². The zero-order valence-corrected chi connectivity index (χ0v) is 5.87. The summed E-state index contributed by atoms with van der Waals surface area (Å²) < 4.78 is 0. The van der Waals surface area contributed by atoms with Crippen LogP contribution < -0.4 is 0 Å². The zero-order valence-electron chi connectivity index (χ0n) is 5.87. The van der Waals surface area contributed by atoms with Crippen molar-refractivity contribution in [3.8, 4) is 0 Å². The second kappa shape index (κ2) is 2.19. The van der Waals surface area contributed by atoms with Crippen molar-refractivity contribution in [3.05, 3.63) is 12.3 Å². The van der Waals surface area contributed by atoms with E-state index in [9.17, 15) is 9.59 Å². The third-order valence-corrected chi connectivity index (χ3v) is 1.38. The van der Waals surface area contributed by atoms with E-state index in [4.69, 9.17) is 5.11 Å². The molecule has 1 rings (SSSR count). The van der Waals surface area contributed by atoms with Crippen molar-refractivity contribution in [3.63, 3.8) is 0 Å². The van der Waals surface area contributed by atoms with Gasteiger partial charge >= 0.3 is 12.0 Å². The van der Waals surface area contributed by atoms with Gasteiger partial charge in [-0.05, 0) is 0 Å². The summed E-state index contributed by atoms with van der Waals surface area (Å²) in [5.41, 5.74) is -0.153. The number of hydrogen-bond donors (Lipinski definition) is 1. The van der Waals surface area contributed by atoms with Crippen LogP contribution >= 0.6 is 0 Å². The van der Waals surface area contributed by atoms with E-state index in [1.165, 1.54) is 7.05 Å². The number of aliphatic imine (C=N–C) groups is 1. The second-order valence-corrected chi connectivity index (χ2v) is 2.05. The van der Waals surface area contributed by atoms with Crippen molar-refractivity contribution >= 4 is 17.7 Å². The van der Waals surface area contributed by atoms with Crippen LogP contribution in [0.2, 0.25) is 0 Å². The van der Waals surface area contributed by atoms with E-state index in [0.29, 0.717) is 0 Å². The van der Waals surface area contributed by atoms with Gasteiger partial charge < -0.3 is 5.11 Å². The summed E-state index contributed by atoms with van der Waals surface area (Å²) >= 11 is 0. The van der Waals surface area contributed by atoms with E-state index >= 15 is 0 Å². The fourth-order valence-electron chi connectivity index (χ4n) is 0.681. The first kappa shape index (κ1) is 7.46. The van der Waals surface area contributed by atoms with Crippen molar-refractivity contribution in [1.29, 1.82) is 0 Å². The lowest BCUT2D eigenvalue weighted by Gasteiger charge is -2.06. The highest BCUT2D eigenvalue weighted by atomic mass is 16.4. The van der Waals surface area contributed by atoms with Gasteiger partial charge in [-0.15, -0.1) is 0 Å². The molecule has 0 saturated carbocycles. The Hall–Kier alpha value is -1.65. The molecule has 1 N–H and O–H groups in total. The van der Waals surface area contributed by atoms with Crippen LogP contribution in [0.5, 0.6) is 0 Å². The molecule has 0 saturated heterocycles. The Balaban J connectivity index is 3.02. The van der Waals surface area contributed by atoms with Crippen LogP contribution in [-0.2, 0) is 4.79 Å². The maximum absolute atomic E-state index is 10.7. The summed E-state index contributed by atoms with van der Waals surface area (Å²) in [7, 11) is 1.42. The quantitative estimate of drug-likeness (QED) is 0.581. The number of carbonyl (C=O) groups excluding carboxylic acids is 1. The molecule has 1 aliphatic heterocycles. The van der Waals surface area contributed by atoms with Crippen molar-refractivity contribution in [2.24, 2.45) is 4.99 Å². The summed E-state index contributed by atoms with van der Waals surface area (Å²) in [6.07, 6.45) is 0. The van der Waals surface area contributed by atoms with Crippen LogP contribution in [0.25, 0.3) is 0 Å². The molecule has 0 spiro atoms. The number of aliphatic carboxylic acids is 1. The van der Waals surface area contributed by atoms with Gasteiger partial charge in [0.1, 0.15) is 0 Å². The minimum Gasteiger partial charge on any atom is -0.476 e. The van der Waals surface area contributed by atoms with Crippen molar-refractivity contribution in [2.45, 2.75) is 0 Å². The molecule has 5 heteroatoms. The molecule has 0 radical (unpaired) electrons. The maximum Gasteiger partial charge on any atom is 0.356 e. The molecule has 0 aliphatic carbocycles. The van der Waals surface area contributed by atoms with Crippen LogP contribution in [0.3, 0.4) is 0 Å². The Morgan fingerprint density at radius 1 is 1.73 bits per heavy atom. The molecular formula is C6H6N2O3. The molecule has 0 aromatic heterocycles. The number of carboxylic acids is 1. The van der Waals surface area contributed by atoms with E-state index in [1.807, 2.05) is 0 Å². The van der Waals surface area contributed by atoms with Crippen molar-refractivity contribution in [2.75, 3.05) is 7.05 Å². The molecule has 58 valence electrons. The van der Waals surface area contributed by atoms with Gasteiger partial charge in [-0.25, -0.2) is 9.59 Å². The molecule has 11 heavy (non-hydrogen) atoms. The van der Waals surface area contributed by atoms with Crippen LogP contribution in [0.4, 0.5) is 4.79 Å². The number of carboxylic acid groups (broad SMARTS) is 1. The second-order valence-electron chi connectivity index (χ2n) is 2.05. The van der Waals surface area contributed by atoms with Gasteiger partial charge in [-0.3, -0.25) is 4.90 Å². The summed E-state index contributed by atoms with van der Waals surface area (Å²) in [5, 5.41) is 8.45. The summed E-state index contributed by atoms with van der Waals surface area (Å²) in [6, 6.07) is -0.590. The topological polar surface area (TPSA) is 70.0 Å². The zero-order chi connectivity index (χ0) is 8.59. The van der Waals surface area contributed by atoms with Gasteiger partial charge in [-0.1, -0.05) is 6.58 Å². The number of carbonyl (C=O) groups is 2. The summed E-state index contributed by atoms with van der Waals surface area (Å²) in [6.45, 7) is 3.38. The maximum atomic E-state index is 10.7. The molecule has 0 aromatic rings. The smallest absolute Gasteiger partial charge is 0.356 e. The first-order valence-corrected chi connectivity index (χ1v) is 2.83. The minimum atomic E-state index is -1.23. The van der Waals surface area contributed by atoms with Gasteiger partial charge in [0.2, 0.25) is 0 Å². The average Bonchev–Trinajstić information content (AvgIpc) is 2.17. The van der Waals surface area contributed by atoms with E-state index in [1.54, 1.807) is 0 Å². The van der Waals surface area contributed by atoms with E-state index < -0.39 is 12.0 Å². The normalized spacial score (nSPS) is 17.2. The van der Waals surface area contributed by atoms with Gasteiger partial charge in [0, 0.05) is 7.05 Å². The van der Waals surface area contributed by atoms with E-state index in [-0.39, 0.29) is 11.4 Å². The highest BCUT2D eigenvalue weighted by molar-refractivity contribution is 6.45. The molecule has 0 unspecified atom stereocenters. The number of nitrogens with zero attached hydrogens (tertiary/aromatic N) is 2. The monoisotopic (exact) mass is 154 g/mol. The predicted molar refractivity (Wildman–Crippen MR) is 37.4 cm³/mol. The molecule has 2 amide bonds. The lowest BCUT2D eigenvalue weighted by atomic mass is 10.3. The molecular weight excluding hydrogens is 148 g/mol. The molecule has 0 fully saturated rings. The fraction of sp³-hybridized carbons (Fsp3) is 0.167. The van der Waals surface area contributed by atoms with Gasteiger partial charge in [-0.2, -0.15) is 4.99 Å². The van der Waals surface area contributed by atoms with E-state index in [0.717, 1.165) is 4.90 Å². The minimum absolute atomic E-state index is 0.127. The Bertz CT molecular complexity index is 280. The molecule has 0 bridgehead atoms. The molecule has 1 heterocycles. The van der Waals surface area contributed by atoms with Crippen LogP contribution in [0.1, 0.15) is 0 Å². The van der Waals surface area contributed by atoms with E-state index in [2.05, 4.69) is 11.6 Å². The standard InChI is InChI=1S/C6H6N2O3/c1-3-4(5(9)10)7-6(11)8(3)2/h1H2,2H3,(H,9,10). The van der Waals surface area contributed by atoms with Crippen molar-refractivity contribution in [1.82, 2.24) is 4.90 Å². The Morgan fingerprint density at radius 2 is 2.27 bits per heavy atom. The predicted octanol–water partition coefficient (Wildman–Crippen LogP) is 0.0911.